The molecule has 16 heavy (non-hydrogen) atoms. The van der Waals surface area contributed by atoms with Crippen molar-refractivity contribution in [3.8, 4) is 0 Å². The largest absolute Gasteiger partial charge is 0.385 e. The molecule has 82 valence electrons. The zero-order valence-electron chi connectivity index (χ0n) is 8.56. The number of urea groups is 1. The minimum absolute atomic E-state index is 0.282. The minimum Gasteiger partial charge on any atom is -0.385 e. The van der Waals surface area contributed by atoms with Crippen LogP contribution >= 0.6 is 0 Å². The summed E-state index contributed by atoms with van der Waals surface area (Å²) in [6, 6.07) is 7.37. The van der Waals surface area contributed by atoms with Gasteiger partial charge in [-0.2, -0.15) is 4.99 Å². The van der Waals surface area contributed by atoms with E-state index in [0.29, 0.717) is 13.2 Å². The average Bonchev–Trinajstić information content (AvgIpc) is 2.55. The van der Waals surface area contributed by atoms with Crippen molar-refractivity contribution in [2.75, 3.05) is 6.61 Å². The molecule has 0 fully saturated rings. The van der Waals surface area contributed by atoms with Crippen molar-refractivity contribution in [1.82, 2.24) is 5.32 Å². The van der Waals surface area contributed by atoms with Gasteiger partial charge in [0.2, 0.25) is 0 Å². The van der Waals surface area contributed by atoms with Crippen molar-refractivity contribution < 1.29 is 9.53 Å². The first-order valence-corrected chi connectivity index (χ1v) is 5.05. The number of aliphatic imine (C=N–C) groups is 1. The summed E-state index contributed by atoms with van der Waals surface area (Å²) >= 11 is 0. The summed E-state index contributed by atoms with van der Waals surface area (Å²) in [5, 5.41) is 2.78. The lowest BCUT2D eigenvalue weighted by Gasteiger charge is -2.34. The standard InChI is InChI=1S/C11H11N3O2/c12-9-11(14-10(15)13-9)6-16-5-7-3-1-2-4-8(7)11/h1-4H,5-6H2,(H3,12,13,14,15). The maximum Gasteiger partial charge on any atom is 0.343 e. The zero-order valence-corrected chi connectivity index (χ0v) is 8.56. The van der Waals surface area contributed by atoms with Crippen LogP contribution in [0.3, 0.4) is 0 Å². The first kappa shape index (κ1) is 9.35. The second-order valence-electron chi connectivity index (χ2n) is 3.98. The maximum absolute atomic E-state index is 11.3. The second kappa shape index (κ2) is 3.05. The number of benzene rings is 1. The molecular weight excluding hydrogens is 206 g/mol. The fraction of sp³-hybridized carbons (Fsp3) is 0.273. The fourth-order valence-electron chi connectivity index (χ4n) is 2.25. The Morgan fingerprint density at radius 3 is 3.00 bits per heavy atom. The molecule has 1 atom stereocenters. The summed E-state index contributed by atoms with van der Waals surface area (Å²) in [7, 11) is 0. The highest BCUT2D eigenvalue weighted by Gasteiger charge is 2.46. The summed E-state index contributed by atoms with van der Waals surface area (Å²) in [5.41, 5.74) is 7.09. The molecule has 0 saturated carbocycles. The number of carbonyl (C=O) groups excluding carboxylic acids is 1. The minimum atomic E-state index is -0.758. The number of rotatable bonds is 0. The molecule has 3 N–H and O–H groups in total. The topological polar surface area (TPSA) is 76.7 Å². The average molecular weight is 217 g/mol. The van der Waals surface area contributed by atoms with Gasteiger partial charge in [0, 0.05) is 0 Å². The van der Waals surface area contributed by atoms with Crippen LogP contribution in [0.2, 0.25) is 0 Å². The van der Waals surface area contributed by atoms with E-state index in [0.717, 1.165) is 11.1 Å². The van der Waals surface area contributed by atoms with Crippen LogP contribution in [-0.4, -0.2) is 18.5 Å². The molecule has 1 spiro atoms. The highest BCUT2D eigenvalue weighted by atomic mass is 16.5. The number of nitrogens with one attached hydrogen (secondary N) is 1. The van der Waals surface area contributed by atoms with Gasteiger partial charge in [-0.15, -0.1) is 0 Å². The van der Waals surface area contributed by atoms with Crippen LogP contribution in [0.5, 0.6) is 0 Å². The molecule has 5 heteroatoms. The molecule has 1 aromatic rings. The summed E-state index contributed by atoms with van der Waals surface area (Å²) in [4.78, 5) is 15.0. The first-order chi connectivity index (χ1) is 7.72. The lowest BCUT2D eigenvalue weighted by Crippen LogP contribution is -2.54. The van der Waals surface area contributed by atoms with Gasteiger partial charge in [0.1, 0.15) is 11.4 Å². The van der Waals surface area contributed by atoms with E-state index in [9.17, 15) is 4.79 Å². The van der Waals surface area contributed by atoms with E-state index in [1.54, 1.807) is 0 Å². The predicted octanol–water partition coefficient (Wildman–Crippen LogP) is 0.492. The molecule has 1 aromatic carbocycles. The second-order valence-corrected chi connectivity index (χ2v) is 3.98. The molecule has 3 rings (SSSR count). The van der Waals surface area contributed by atoms with Crippen LogP contribution in [0.25, 0.3) is 0 Å². The molecule has 1 unspecified atom stereocenters. The van der Waals surface area contributed by atoms with Crippen LogP contribution in [0, 0.1) is 0 Å². The Kier molecular flexibility index (Phi) is 1.79. The molecule has 2 aliphatic rings. The third-order valence-electron chi connectivity index (χ3n) is 3.03. The number of ether oxygens (including phenoxy) is 1. The summed E-state index contributed by atoms with van der Waals surface area (Å²) in [5.74, 6) is 0.282. The maximum atomic E-state index is 11.3. The Labute approximate surface area is 92.3 Å². The van der Waals surface area contributed by atoms with Gasteiger partial charge in [0.15, 0.2) is 0 Å². The number of fused-ring (bicyclic) bond motifs is 2. The first-order valence-electron chi connectivity index (χ1n) is 5.05. The number of amides is 2. The van der Waals surface area contributed by atoms with Gasteiger partial charge in [0.05, 0.1) is 13.2 Å². The van der Waals surface area contributed by atoms with Crippen molar-refractivity contribution >= 4 is 11.9 Å². The SMILES string of the molecule is NC1=NC(=O)NC12COCc1ccccc12. The van der Waals surface area contributed by atoms with Crippen LogP contribution in [0.4, 0.5) is 4.79 Å². The molecule has 0 saturated heterocycles. The predicted molar refractivity (Wildman–Crippen MR) is 57.9 cm³/mol. The lowest BCUT2D eigenvalue weighted by atomic mass is 9.85. The van der Waals surface area contributed by atoms with Gasteiger partial charge < -0.3 is 15.8 Å². The molecule has 0 bridgehead atoms. The monoisotopic (exact) mass is 217 g/mol. The van der Waals surface area contributed by atoms with Crippen LogP contribution in [-0.2, 0) is 16.9 Å². The van der Waals surface area contributed by atoms with E-state index in [2.05, 4.69) is 10.3 Å². The van der Waals surface area contributed by atoms with E-state index < -0.39 is 11.6 Å². The third-order valence-corrected chi connectivity index (χ3v) is 3.03. The Balaban J connectivity index is 2.18. The highest BCUT2D eigenvalue weighted by molar-refractivity contribution is 6.06. The summed E-state index contributed by atoms with van der Waals surface area (Å²) in [6.07, 6.45) is 0. The highest BCUT2D eigenvalue weighted by Crippen LogP contribution is 2.32. The Bertz CT molecular complexity index is 498. The van der Waals surface area contributed by atoms with Crippen molar-refractivity contribution in [1.29, 1.82) is 0 Å². The van der Waals surface area contributed by atoms with Gasteiger partial charge in [-0.25, -0.2) is 4.79 Å². The van der Waals surface area contributed by atoms with E-state index in [-0.39, 0.29) is 5.84 Å². The Morgan fingerprint density at radius 1 is 1.44 bits per heavy atom. The van der Waals surface area contributed by atoms with E-state index >= 15 is 0 Å². The molecule has 2 amide bonds. The normalized spacial score (nSPS) is 27.5. The molecule has 2 aliphatic heterocycles. The van der Waals surface area contributed by atoms with Crippen LogP contribution in [0.1, 0.15) is 11.1 Å². The molecule has 0 radical (unpaired) electrons. The van der Waals surface area contributed by atoms with Crippen molar-refractivity contribution in [2.24, 2.45) is 10.7 Å². The van der Waals surface area contributed by atoms with Crippen molar-refractivity contribution in [3.05, 3.63) is 35.4 Å². The zero-order chi connectivity index (χ0) is 11.2. The Morgan fingerprint density at radius 2 is 2.25 bits per heavy atom. The van der Waals surface area contributed by atoms with E-state index in [1.807, 2.05) is 24.3 Å². The number of amidine groups is 1. The molecule has 0 aromatic heterocycles. The van der Waals surface area contributed by atoms with Crippen LogP contribution < -0.4 is 11.1 Å². The van der Waals surface area contributed by atoms with Crippen molar-refractivity contribution in [2.45, 2.75) is 12.1 Å². The Hall–Kier alpha value is -1.88. The van der Waals surface area contributed by atoms with Gasteiger partial charge in [-0.1, -0.05) is 24.3 Å². The third kappa shape index (κ3) is 1.09. The lowest BCUT2D eigenvalue weighted by molar-refractivity contribution is 0.0684. The summed E-state index contributed by atoms with van der Waals surface area (Å²) < 4.78 is 5.48. The molecule has 0 aliphatic carbocycles. The van der Waals surface area contributed by atoms with Gasteiger partial charge in [0.25, 0.3) is 0 Å². The van der Waals surface area contributed by atoms with Gasteiger partial charge in [-0.05, 0) is 11.1 Å². The molecular formula is C11H11N3O2. The van der Waals surface area contributed by atoms with Crippen molar-refractivity contribution in [3.63, 3.8) is 0 Å². The number of carbonyl (C=O) groups is 1. The number of nitrogens with two attached hydrogens (primary N) is 1. The number of hydrogen-bond acceptors (Lipinski definition) is 3. The van der Waals surface area contributed by atoms with Gasteiger partial charge >= 0.3 is 6.03 Å². The van der Waals surface area contributed by atoms with E-state index in [4.69, 9.17) is 10.5 Å². The van der Waals surface area contributed by atoms with E-state index in [1.165, 1.54) is 0 Å². The molecule has 5 nitrogen and oxygen atoms in total. The van der Waals surface area contributed by atoms with Gasteiger partial charge in [-0.3, -0.25) is 0 Å². The molecule has 2 heterocycles. The number of nitrogens with zero attached hydrogens (tertiary/aromatic N) is 1. The summed E-state index contributed by atoms with van der Waals surface area (Å²) in [6.45, 7) is 0.881. The fourth-order valence-corrected chi connectivity index (χ4v) is 2.25. The quantitative estimate of drug-likeness (QED) is 0.664. The smallest absolute Gasteiger partial charge is 0.343 e. The number of hydrogen-bond donors (Lipinski definition) is 2. The van der Waals surface area contributed by atoms with Crippen LogP contribution in [0.15, 0.2) is 29.3 Å².